The molecule has 234 valence electrons. The van der Waals surface area contributed by atoms with Gasteiger partial charge < -0.3 is 0 Å². The highest BCUT2D eigenvalue weighted by molar-refractivity contribution is 6.09. The van der Waals surface area contributed by atoms with E-state index in [9.17, 15) is 0 Å². The Morgan fingerprint density at radius 3 is 0.574 bits per heavy atom. The summed E-state index contributed by atoms with van der Waals surface area (Å²) in [5.74, 6) is 0. The van der Waals surface area contributed by atoms with Gasteiger partial charge in [-0.3, -0.25) is 0 Å². The Labute approximate surface area is 283 Å². The molecule has 0 aliphatic heterocycles. The molecule has 7 aromatic rings. The summed E-state index contributed by atoms with van der Waals surface area (Å²) in [5, 5.41) is 0. The third-order valence-electron chi connectivity index (χ3n) is 7.73. The maximum Gasteiger partial charge on any atom is -0.00141 e. The Bertz CT molecular complexity index is 1730. The van der Waals surface area contributed by atoms with Crippen molar-refractivity contribution < 1.29 is 0 Å². The first kappa shape index (κ1) is 34.4. The number of hydrogen-bond donors (Lipinski definition) is 0. The fourth-order valence-corrected chi connectivity index (χ4v) is 5.87. The lowest BCUT2D eigenvalue weighted by Gasteiger charge is -2.27. The quantitative estimate of drug-likeness (QED) is 0.182. The predicted molar refractivity (Wildman–Crippen MR) is 207 cm³/mol. The molecule has 0 nitrogen and oxygen atoms in total. The predicted octanol–water partition coefficient (Wildman–Crippen LogP) is 14.1. The van der Waals surface area contributed by atoms with Crippen molar-refractivity contribution in [3.05, 3.63) is 194 Å². The first-order valence-electron chi connectivity index (χ1n) is 16.8. The summed E-state index contributed by atoms with van der Waals surface area (Å²) < 4.78 is 0. The van der Waals surface area contributed by atoms with Gasteiger partial charge in [0, 0.05) is 0 Å². The second-order valence-corrected chi connectivity index (χ2v) is 10.5. The van der Waals surface area contributed by atoms with E-state index in [4.69, 9.17) is 0 Å². The zero-order valence-electron chi connectivity index (χ0n) is 28.4. The van der Waals surface area contributed by atoms with Crippen LogP contribution in [0.2, 0.25) is 0 Å². The van der Waals surface area contributed by atoms with Crippen LogP contribution in [0, 0.1) is 6.92 Å². The lowest BCUT2D eigenvalue weighted by molar-refractivity contribution is 1.43. The molecule has 0 aliphatic rings. The first-order chi connectivity index (χ1) is 23.3. The maximum atomic E-state index is 2.29. The molecule has 0 saturated carbocycles. The van der Waals surface area contributed by atoms with Gasteiger partial charge in [0.15, 0.2) is 0 Å². The summed E-state index contributed by atoms with van der Waals surface area (Å²) in [5.41, 5.74) is 13.8. The van der Waals surface area contributed by atoms with Crippen LogP contribution in [0.1, 0.15) is 33.3 Å². The van der Waals surface area contributed by atoms with Gasteiger partial charge in [-0.2, -0.15) is 0 Å². The second kappa shape index (κ2) is 18.5. The standard InChI is InChI=1S/C37H28.C6H6.2C2H6/c1-27-33(28-17-7-2-8-18-28)35(30-21-11-4-12-22-30)37(32-25-15-6-16-26-32)36(31-23-13-5-14-24-31)34(27)29-19-9-3-10-20-29;1-2-4-6-5-3-1;2*1-2/h2-26H,1H3;1-6H;2*1-2H3. The minimum absolute atomic E-state index is 1.22. The van der Waals surface area contributed by atoms with Crippen LogP contribution < -0.4 is 0 Å². The van der Waals surface area contributed by atoms with Crippen molar-refractivity contribution in [1.29, 1.82) is 0 Å². The number of benzene rings is 7. The minimum Gasteiger partial charge on any atom is -0.0683 e. The Hall–Kier alpha value is -5.46. The molecule has 0 heteroatoms. The van der Waals surface area contributed by atoms with Gasteiger partial charge in [-0.15, -0.1) is 0 Å². The zero-order valence-corrected chi connectivity index (χ0v) is 28.4. The van der Waals surface area contributed by atoms with E-state index in [0.29, 0.717) is 0 Å². The van der Waals surface area contributed by atoms with Crippen LogP contribution in [0.4, 0.5) is 0 Å². The summed E-state index contributed by atoms with van der Waals surface area (Å²) in [7, 11) is 0. The van der Waals surface area contributed by atoms with Gasteiger partial charge in [0.1, 0.15) is 0 Å². The lowest BCUT2D eigenvalue weighted by atomic mass is 9.76. The Kier molecular flexibility index (Phi) is 13.5. The topological polar surface area (TPSA) is 0 Å². The summed E-state index contributed by atoms with van der Waals surface area (Å²) in [6.45, 7) is 10.3. The molecule has 0 unspecified atom stereocenters. The van der Waals surface area contributed by atoms with E-state index in [1.54, 1.807) is 0 Å². The van der Waals surface area contributed by atoms with E-state index in [1.165, 1.54) is 61.2 Å². The van der Waals surface area contributed by atoms with Crippen LogP contribution in [0.3, 0.4) is 0 Å². The van der Waals surface area contributed by atoms with Crippen molar-refractivity contribution in [2.45, 2.75) is 34.6 Å². The van der Waals surface area contributed by atoms with Gasteiger partial charge in [-0.25, -0.2) is 0 Å². The number of rotatable bonds is 5. The summed E-state index contributed by atoms with van der Waals surface area (Å²) in [6, 6.07) is 66.3. The molecule has 0 fully saturated rings. The molecule has 0 spiro atoms. The van der Waals surface area contributed by atoms with Crippen LogP contribution in [0.15, 0.2) is 188 Å². The normalized spacial score (nSPS) is 9.81. The fourth-order valence-electron chi connectivity index (χ4n) is 5.87. The second-order valence-electron chi connectivity index (χ2n) is 10.5. The summed E-state index contributed by atoms with van der Waals surface area (Å²) in [4.78, 5) is 0. The molecular formula is C47H46. The van der Waals surface area contributed by atoms with E-state index >= 15 is 0 Å². The van der Waals surface area contributed by atoms with E-state index in [0.717, 1.165) is 0 Å². The smallest absolute Gasteiger partial charge is 0.00141 e. The molecule has 7 rings (SSSR count). The molecular weight excluding hydrogens is 565 g/mol. The van der Waals surface area contributed by atoms with E-state index in [1.807, 2.05) is 64.1 Å². The van der Waals surface area contributed by atoms with E-state index in [-0.39, 0.29) is 0 Å². The van der Waals surface area contributed by atoms with Crippen molar-refractivity contribution in [1.82, 2.24) is 0 Å². The van der Waals surface area contributed by atoms with Crippen LogP contribution >= 0.6 is 0 Å². The van der Waals surface area contributed by atoms with Crippen LogP contribution in [-0.2, 0) is 0 Å². The summed E-state index contributed by atoms with van der Waals surface area (Å²) >= 11 is 0. The first-order valence-corrected chi connectivity index (χ1v) is 16.8. The van der Waals surface area contributed by atoms with Crippen molar-refractivity contribution in [2.24, 2.45) is 0 Å². The SMILES string of the molecule is CC.CC.Cc1c(-c2ccccc2)c(-c2ccccc2)c(-c2ccccc2)c(-c2ccccc2)c1-c1ccccc1.c1ccccc1. The third kappa shape index (κ3) is 8.43. The fraction of sp³-hybridized carbons (Fsp3) is 0.106. The molecule has 0 atom stereocenters. The third-order valence-corrected chi connectivity index (χ3v) is 7.73. The van der Waals surface area contributed by atoms with Gasteiger partial charge in [-0.1, -0.05) is 216 Å². The van der Waals surface area contributed by atoms with Gasteiger partial charge in [-0.05, 0) is 68.1 Å². The van der Waals surface area contributed by atoms with Gasteiger partial charge in [0.25, 0.3) is 0 Å². The van der Waals surface area contributed by atoms with Crippen molar-refractivity contribution >= 4 is 0 Å². The molecule has 0 radical (unpaired) electrons. The average Bonchev–Trinajstić information content (AvgIpc) is 3.18. The highest BCUT2D eigenvalue weighted by Gasteiger charge is 2.26. The molecule has 0 saturated heterocycles. The zero-order chi connectivity index (χ0) is 33.3. The Morgan fingerprint density at radius 2 is 0.362 bits per heavy atom. The molecule has 7 aromatic carbocycles. The molecule has 0 heterocycles. The van der Waals surface area contributed by atoms with Crippen molar-refractivity contribution in [3.63, 3.8) is 0 Å². The Morgan fingerprint density at radius 1 is 0.213 bits per heavy atom. The van der Waals surface area contributed by atoms with E-state index < -0.39 is 0 Å². The van der Waals surface area contributed by atoms with Gasteiger partial charge >= 0.3 is 0 Å². The molecule has 47 heavy (non-hydrogen) atoms. The van der Waals surface area contributed by atoms with E-state index in [2.05, 4.69) is 159 Å². The molecule has 0 aromatic heterocycles. The Balaban J connectivity index is 0.000000439. The largest absolute Gasteiger partial charge is 0.0683 e. The van der Waals surface area contributed by atoms with Crippen molar-refractivity contribution in [3.8, 4) is 55.6 Å². The minimum atomic E-state index is 1.22. The van der Waals surface area contributed by atoms with Crippen LogP contribution in [0.25, 0.3) is 55.6 Å². The monoisotopic (exact) mass is 610 g/mol. The lowest BCUT2D eigenvalue weighted by Crippen LogP contribution is -2.01. The van der Waals surface area contributed by atoms with Gasteiger partial charge in [0.2, 0.25) is 0 Å². The molecule has 0 N–H and O–H groups in total. The van der Waals surface area contributed by atoms with Gasteiger partial charge in [0.05, 0.1) is 0 Å². The molecule has 0 bridgehead atoms. The highest BCUT2D eigenvalue weighted by atomic mass is 14.3. The van der Waals surface area contributed by atoms with Crippen LogP contribution in [0.5, 0.6) is 0 Å². The summed E-state index contributed by atoms with van der Waals surface area (Å²) in [6.07, 6.45) is 0. The van der Waals surface area contributed by atoms with Crippen molar-refractivity contribution in [2.75, 3.05) is 0 Å². The maximum absolute atomic E-state index is 2.29. The highest BCUT2D eigenvalue weighted by Crippen LogP contribution is 2.52. The molecule has 0 aliphatic carbocycles. The molecule has 0 amide bonds. The number of hydrogen-bond acceptors (Lipinski definition) is 0. The average molecular weight is 611 g/mol. The van der Waals surface area contributed by atoms with Crippen LogP contribution in [-0.4, -0.2) is 0 Å².